The quantitative estimate of drug-likeness (QED) is 0.352. The fraction of sp³-hybridized carbons (Fsp3) is 0.438. The van der Waals surface area contributed by atoms with Gasteiger partial charge >= 0.3 is 5.97 Å². The molecule has 1 rings (SSSR count). The molecule has 0 spiro atoms. The Morgan fingerprint density at radius 1 is 1.22 bits per heavy atom. The molecule has 0 aromatic heterocycles. The first-order valence-electron chi connectivity index (χ1n) is 7.04. The van der Waals surface area contributed by atoms with Crippen LogP contribution in [-0.4, -0.2) is 57.7 Å². The fourth-order valence-electron chi connectivity index (χ4n) is 1.58. The third-order valence-corrected chi connectivity index (χ3v) is 3.39. The summed E-state index contributed by atoms with van der Waals surface area (Å²) in [7, 11) is 1.74. The summed E-state index contributed by atoms with van der Waals surface area (Å²) in [4.78, 5) is 10.9. The first-order chi connectivity index (χ1) is 10.4. The van der Waals surface area contributed by atoms with Gasteiger partial charge < -0.3 is 13.8 Å². The van der Waals surface area contributed by atoms with Gasteiger partial charge in [0.2, 0.25) is 0 Å². The Balaban J connectivity index is 0.000000422. The molecule has 0 fully saturated rings. The number of carbonyl (C=O) groups is 1. The molecule has 0 atom stereocenters. The molecule has 130 valence electrons. The zero-order valence-electron chi connectivity index (χ0n) is 14.3. The molecule has 0 aliphatic heterocycles. The van der Waals surface area contributed by atoms with Crippen molar-refractivity contribution in [2.75, 3.05) is 34.3 Å². The van der Waals surface area contributed by atoms with Crippen molar-refractivity contribution in [2.24, 2.45) is 0 Å². The lowest BCUT2D eigenvalue weighted by molar-refractivity contribution is -0.865. The van der Waals surface area contributed by atoms with E-state index < -0.39 is 10.1 Å². The van der Waals surface area contributed by atoms with Crippen LogP contribution in [0.3, 0.4) is 0 Å². The van der Waals surface area contributed by atoms with Gasteiger partial charge in [-0.05, 0) is 26.0 Å². The van der Waals surface area contributed by atoms with Crippen molar-refractivity contribution in [3.8, 4) is 0 Å². The second-order valence-electron chi connectivity index (χ2n) is 6.04. The topological polar surface area (TPSA) is 83.5 Å². The van der Waals surface area contributed by atoms with E-state index in [9.17, 15) is 17.8 Å². The molecule has 0 aliphatic carbocycles. The van der Waals surface area contributed by atoms with Crippen LogP contribution in [0.5, 0.6) is 0 Å². The fourth-order valence-corrected chi connectivity index (χ4v) is 2.04. The number of carbonyl (C=O) groups excluding carboxylic acids is 1. The first-order valence-corrected chi connectivity index (χ1v) is 8.45. The van der Waals surface area contributed by atoms with E-state index in [1.54, 1.807) is 19.1 Å². The minimum Gasteiger partial charge on any atom is -0.744 e. The number of rotatable bonds is 5. The number of ether oxygens (including phenoxy) is 1. The molecule has 0 saturated carbocycles. The summed E-state index contributed by atoms with van der Waals surface area (Å²) in [5, 5.41) is 0. The Kier molecular flexibility index (Phi) is 8.16. The first kappa shape index (κ1) is 21.3. The van der Waals surface area contributed by atoms with Crippen LogP contribution < -0.4 is 0 Å². The molecule has 1 aromatic carbocycles. The predicted octanol–water partition coefficient (Wildman–Crippen LogP) is 1.71. The van der Waals surface area contributed by atoms with E-state index in [4.69, 9.17) is 4.74 Å². The molecule has 6 nitrogen and oxygen atoms in total. The second-order valence-corrected chi connectivity index (χ2v) is 7.42. The number of nitrogens with zero attached hydrogens (tertiary/aromatic N) is 1. The molecule has 1 aromatic rings. The van der Waals surface area contributed by atoms with Crippen LogP contribution in [-0.2, 0) is 19.6 Å². The van der Waals surface area contributed by atoms with Crippen molar-refractivity contribution >= 4 is 16.1 Å². The number of hydrogen-bond donors (Lipinski definition) is 0. The van der Waals surface area contributed by atoms with Gasteiger partial charge in [0.1, 0.15) is 16.7 Å². The summed E-state index contributed by atoms with van der Waals surface area (Å²) in [6, 6.07) is 5.78. The normalized spacial score (nSPS) is 11.2. The molecule has 0 bridgehead atoms. The molecule has 0 radical (unpaired) electrons. The molecular formula is C16H25NO5S. The summed E-state index contributed by atoms with van der Waals surface area (Å²) < 4.78 is 36.7. The van der Waals surface area contributed by atoms with Crippen molar-refractivity contribution in [3.05, 3.63) is 42.0 Å². The molecular weight excluding hydrogens is 318 g/mol. The van der Waals surface area contributed by atoms with Gasteiger partial charge in [-0.2, -0.15) is 0 Å². The average Bonchev–Trinajstić information content (AvgIpc) is 2.37. The summed E-state index contributed by atoms with van der Waals surface area (Å²) in [6.07, 6.45) is 0. The lowest BCUT2D eigenvalue weighted by Gasteiger charge is -2.23. The van der Waals surface area contributed by atoms with Gasteiger partial charge in [0.15, 0.2) is 0 Å². The Labute approximate surface area is 138 Å². The van der Waals surface area contributed by atoms with E-state index in [-0.39, 0.29) is 10.9 Å². The molecule has 0 unspecified atom stereocenters. The van der Waals surface area contributed by atoms with Crippen molar-refractivity contribution in [3.63, 3.8) is 0 Å². The Morgan fingerprint density at radius 3 is 2.04 bits per heavy atom. The number of likely N-dealkylation sites (N-methyl/N-ethyl adjacent to an activating group) is 1. The maximum absolute atomic E-state index is 11.1. The summed E-state index contributed by atoms with van der Waals surface area (Å²) in [5.74, 6) is -0.287. The van der Waals surface area contributed by atoms with Crippen LogP contribution in [0.4, 0.5) is 0 Å². The highest BCUT2D eigenvalue weighted by molar-refractivity contribution is 7.85. The molecule has 7 heteroatoms. The molecule has 0 heterocycles. The zero-order valence-corrected chi connectivity index (χ0v) is 15.1. The van der Waals surface area contributed by atoms with E-state index in [1.165, 1.54) is 12.1 Å². The lowest BCUT2D eigenvalue weighted by atomic mass is 10.2. The summed E-state index contributed by atoms with van der Waals surface area (Å²) in [5.41, 5.74) is 1.46. The monoisotopic (exact) mass is 343 g/mol. The summed E-state index contributed by atoms with van der Waals surface area (Å²) in [6.45, 7) is 8.31. The number of esters is 1. The molecule has 0 amide bonds. The largest absolute Gasteiger partial charge is 0.744 e. The van der Waals surface area contributed by atoms with E-state index in [1.807, 2.05) is 28.1 Å². The van der Waals surface area contributed by atoms with E-state index >= 15 is 0 Å². The van der Waals surface area contributed by atoms with Gasteiger partial charge in [-0.25, -0.2) is 13.2 Å². The molecule has 0 aliphatic rings. The number of hydrogen-bond acceptors (Lipinski definition) is 5. The van der Waals surface area contributed by atoms with E-state index in [0.717, 1.165) is 5.56 Å². The van der Waals surface area contributed by atoms with E-state index in [0.29, 0.717) is 23.2 Å². The van der Waals surface area contributed by atoms with Gasteiger partial charge in [-0.3, -0.25) is 0 Å². The standard InChI is InChI=1S/C9H18NO2.C7H8O3S/c1-6-12-9(11)8(2)7-10(3,4)5;1-6-2-4-7(5-3-6)11(8,9)10/h2,6-7H2,1,3-5H3;2-5H,1H3,(H,8,9,10)/q+1;/p-1. The molecule has 23 heavy (non-hydrogen) atoms. The highest BCUT2D eigenvalue weighted by atomic mass is 32.2. The van der Waals surface area contributed by atoms with Crippen LogP contribution in [0, 0.1) is 6.92 Å². The SMILES string of the molecule is C=C(C[N+](C)(C)C)C(=O)OCC.Cc1ccc(S(=O)(=O)[O-])cc1. The van der Waals surface area contributed by atoms with Crippen molar-refractivity contribution in [2.45, 2.75) is 18.7 Å². The van der Waals surface area contributed by atoms with Crippen LogP contribution >= 0.6 is 0 Å². The predicted molar refractivity (Wildman–Crippen MR) is 87.8 cm³/mol. The smallest absolute Gasteiger partial charge is 0.339 e. The Hall–Kier alpha value is -1.70. The maximum atomic E-state index is 11.1. The van der Waals surface area contributed by atoms with Crippen LogP contribution in [0.1, 0.15) is 12.5 Å². The van der Waals surface area contributed by atoms with Crippen molar-refractivity contribution < 1.29 is 27.0 Å². The Morgan fingerprint density at radius 2 is 1.70 bits per heavy atom. The van der Waals surface area contributed by atoms with Gasteiger partial charge in [0, 0.05) is 0 Å². The third-order valence-electron chi connectivity index (χ3n) is 2.54. The maximum Gasteiger partial charge on any atom is 0.339 e. The van der Waals surface area contributed by atoms with Crippen LogP contribution in [0.2, 0.25) is 0 Å². The lowest BCUT2D eigenvalue weighted by Crippen LogP contribution is -2.37. The van der Waals surface area contributed by atoms with Crippen LogP contribution in [0.25, 0.3) is 0 Å². The van der Waals surface area contributed by atoms with Crippen molar-refractivity contribution in [1.29, 1.82) is 0 Å². The van der Waals surface area contributed by atoms with Crippen molar-refractivity contribution in [1.82, 2.24) is 0 Å². The molecule has 0 N–H and O–H groups in total. The van der Waals surface area contributed by atoms with Gasteiger partial charge in [0.05, 0.1) is 38.2 Å². The minimum absolute atomic E-state index is 0.178. The number of quaternary nitrogens is 1. The highest BCUT2D eigenvalue weighted by Crippen LogP contribution is 2.08. The average molecular weight is 343 g/mol. The third kappa shape index (κ3) is 9.83. The molecule has 0 saturated heterocycles. The van der Waals surface area contributed by atoms with Gasteiger partial charge in [-0.1, -0.05) is 24.3 Å². The summed E-state index contributed by atoms with van der Waals surface area (Å²) >= 11 is 0. The highest BCUT2D eigenvalue weighted by Gasteiger charge is 2.16. The number of aryl methyl sites for hydroxylation is 1. The van der Waals surface area contributed by atoms with E-state index in [2.05, 4.69) is 6.58 Å². The Bertz CT molecular complexity index is 627. The zero-order chi connectivity index (χ0) is 18.3. The van der Waals surface area contributed by atoms with Gasteiger partial charge in [-0.15, -0.1) is 0 Å². The minimum atomic E-state index is -4.27. The van der Waals surface area contributed by atoms with Crippen LogP contribution in [0.15, 0.2) is 41.3 Å². The number of benzene rings is 1. The second kappa shape index (κ2) is 8.81. The van der Waals surface area contributed by atoms with Gasteiger partial charge in [0.25, 0.3) is 0 Å².